The minimum absolute atomic E-state index is 0.103. The molecule has 3 nitrogen and oxygen atoms in total. The molecule has 156 valence electrons. The van der Waals surface area contributed by atoms with Crippen molar-refractivity contribution in [2.75, 3.05) is 7.11 Å². The highest BCUT2D eigenvalue weighted by Crippen LogP contribution is 2.19. The molecule has 0 fully saturated rings. The second-order valence-corrected chi connectivity index (χ2v) is 7.56. The van der Waals surface area contributed by atoms with E-state index in [4.69, 9.17) is 4.74 Å². The Labute approximate surface area is 176 Å². The van der Waals surface area contributed by atoms with E-state index in [0.717, 1.165) is 38.8 Å². The Bertz CT molecular complexity index is 658. The molecule has 0 bridgehead atoms. The molecule has 2 rings (SSSR count). The van der Waals surface area contributed by atoms with Gasteiger partial charge in [-0.05, 0) is 24.0 Å². The van der Waals surface area contributed by atoms with Crippen molar-refractivity contribution in [2.45, 2.75) is 64.1 Å². The Kier molecular flexibility index (Phi) is 10.8. The van der Waals surface area contributed by atoms with E-state index in [1.54, 1.807) is 0 Å². The van der Waals surface area contributed by atoms with Crippen molar-refractivity contribution in [3.8, 4) is 0 Å². The number of hydrogen-bond donors (Lipinski definition) is 0. The lowest BCUT2D eigenvalue weighted by atomic mass is 10.0. The first kappa shape index (κ1) is 22.9. The summed E-state index contributed by atoms with van der Waals surface area (Å²) in [5.74, 6) is -0.103. The van der Waals surface area contributed by atoms with Gasteiger partial charge in [0.25, 0.3) is 0 Å². The standard InChI is InChI=1S/C26H35NO2/c1-3-25(19-13-5-4-6-14-20-26(28)29-2)27(21-23-15-9-7-10-16-23)22-24-17-11-8-12-18-24/h3,7-12,15-18,25H,1,4-6,13-14,19-22H2,2H3. The zero-order valence-electron chi connectivity index (χ0n) is 17.8. The summed E-state index contributed by atoms with van der Waals surface area (Å²) >= 11 is 0. The fraction of sp³-hybridized carbons (Fsp3) is 0.423. The molecule has 0 amide bonds. The van der Waals surface area contributed by atoms with Crippen LogP contribution < -0.4 is 0 Å². The number of nitrogens with zero attached hydrogens (tertiary/aromatic N) is 1. The summed E-state index contributed by atoms with van der Waals surface area (Å²) < 4.78 is 4.69. The lowest BCUT2D eigenvalue weighted by molar-refractivity contribution is -0.140. The van der Waals surface area contributed by atoms with Gasteiger partial charge in [-0.15, -0.1) is 6.58 Å². The molecular weight excluding hydrogens is 358 g/mol. The van der Waals surface area contributed by atoms with Crippen LogP contribution in [0.3, 0.4) is 0 Å². The molecule has 1 atom stereocenters. The van der Waals surface area contributed by atoms with Crippen LogP contribution >= 0.6 is 0 Å². The molecule has 0 aromatic heterocycles. The average Bonchev–Trinajstić information content (AvgIpc) is 2.76. The second kappa shape index (κ2) is 13.7. The molecule has 2 aromatic rings. The number of esters is 1. The van der Waals surface area contributed by atoms with Gasteiger partial charge in [0.05, 0.1) is 7.11 Å². The molecule has 0 radical (unpaired) electrons. The number of hydrogen-bond acceptors (Lipinski definition) is 3. The fourth-order valence-corrected chi connectivity index (χ4v) is 3.63. The van der Waals surface area contributed by atoms with Crippen LogP contribution in [0.2, 0.25) is 0 Å². The average molecular weight is 394 g/mol. The van der Waals surface area contributed by atoms with Crippen LogP contribution in [0.25, 0.3) is 0 Å². The molecule has 0 N–H and O–H groups in total. The van der Waals surface area contributed by atoms with Gasteiger partial charge in [0.2, 0.25) is 0 Å². The number of carbonyl (C=O) groups is 1. The van der Waals surface area contributed by atoms with Gasteiger partial charge in [-0.25, -0.2) is 0 Å². The van der Waals surface area contributed by atoms with E-state index in [1.165, 1.54) is 31.1 Å². The summed E-state index contributed by atoms with van der Waals surface area (Å²) in [5.41, 5.74) is 2.66. The number of ether oxygens (including phenoxy) is 1. The van der Waals surface area contributed by atoms with Crippen molar-refractivity contribution in [2.24, 2.45) is 0 Å². The smallest absolute Gasteiger partial charge is 0.305 e. The van der Waals surface area contributed by atoms with Crippen molar-refractivity contribution in [3.05, 3.63) is 84.4 Å². The van der Waals surface area contributed by atoms with E-state index < -0.39 is 0 Å². The third-order valence-electron chi connectivity index (χ3n) is 5.31. The van der Waals surface area contributed by atoms with Crippen LogP contribution in [-0.4, -0.2) is 24.0 Å². The van der Waals surface area contributed by atoms with Gasteiger partial charge in [0, 0.05) is 25.6 Å². The van der Waals surface area contributed by atoms with E-state index in [9.17, 15) is 4.79 Å². The molecule has 3 heteroatoms. The van der Waals surface area contributed by atoms with Crippen LogP contribution in [0.4, 0.5) is 0 Å². The molecule has 0 saturated carbocycles. The molecule has 0 spiro atoms. The quantitative estimate of drug-likeness (QED) is 0.219. The zero-order chi connectivity index (χ0) is 20.7. The zero-order valence-corrected chi connectivity index (χ0v) is 17.8. The molecule has 0 saturated heterocycles. The normalized spacial score (nSPS) is 11.9. The fourth-order valence-electron chi connectivity index (χ4n) is 3.63. The molecule has 0 aliphatic heterocycles. The summed E-state index contributed by atoms with van der Waals surface area (Å²) in [6, 6.07) is 21.7. The number of rotatable bonds is 14. The third kappa shape index (κ3) is 9.10. The maximum atomic E-state index is 11.2. The molecule has 29 heavy (non-hydrogen) atoms. The van der Waals surface area contributed by atoms with Gasteiger partial charge >= 0.3 is 5.97 Å². The Morgan fingerprint density at radius 3 is 1.93 bits per heavy atom. The Balaban J connectivity index is 1.85. The van der Waals surface area contributed by atoms with Crippen LogP contribution in [0.1, 0.15) is 56.1 Å². The molecule has 0 aliphatic carbocycles. The largest absolute Gasteiger partial charge is 0.469 e. The summed E-state index contributed by atoms with van der Waals surface area (Å²) in [5, 5.41) is 0. The van der Waals surface area contributed by atoms with Gasteiger partial charge in [-0.2, -0.15) is 0 Å². The molecular formula is C26H35NO2. The first-order valence-electron chi connectivity index (χ1n) is 10.7. The predicted octanol–water partition coefficient (Wildman–Crippen LogP) is 6.15. The summed E-state index contributed by atoms with van der Waals surface area (Å²) in [4.78, 5) is 13.7. The van der Waals surface area contributed by atoms with E-state index >= 15 is 0 Å². The number of benzene rings is 2. The van der Waals surface area contributed by atoms with E-state index in [-0.39, 0.29) is 5.97 Å². The SMILES string of the molecule is C=CC(CCCCCCCC(=O)OC)N(Cc1ccccc1)Cc1ccccc1. The van der Waals surface area contributed by atoms with E-state index in [0.29, 0.717) is 12.5 Å². The Morgan fingerprint density at radius 2 is 1.41 bits per heavy atom. The van der Waals surface area contributed by atoms with Crippen molar-refractivity contribution in [3.63, 3.8) is 0 Å². The highest BCUT2D eigenvalue weighted by Gasteiger charge is 2.16. The van der Waals surface area contributed by atoms with Crippen molar-refractivity contribution in [1.29, 1.82) is 0 Å². The topological polar surface area (TPSA) is 29.5 Å². The lowest BCUT2D eigenvalue weighted by Crippen LogP contribution is -2.33. The third-order valence-corrected chi connectivity index (χ3v) is 5.31. The Hall–Kier alpha value is -2.39. The monoisotopic (exact) mass is 393 g/mol. The minimum atomic E-state index is -0.103. The summed E-state index contributed by atoms with van der Waals surface area (Å²) in [6.07, 6.45) is 9.29. The number of carbonyl (C=O) groups excluding carboxylic acids is 1. The van der Waals surface area contributed by atoms with Crippen LogP contribution in [-0.2, 0) is 22.6 Å². The molecule has 1 unspecified atom stereocenters. The number of unbranched alkanes of at least 4 members (excludes halogenated alkanes) is 4. The first-order valence-corrected chi connectivity index (χ1v) is 10.7. The van der Waals surface area contributed by atoms with Crippen LogP contribution in [0.15, 0.2) is 73.3 Å². The van der Waals surface area contributed by atoms with Gasteiger partial charge in [-0.1, -0.05) is 92.4 Å². The molecule has 2 aromatic carbocycles. The minimum Gasteiger partial charge on any atom is -0.469 e. The number of methoxy groups -OCH3 is 1. The lowest BCUT2D eigenvalue weighted by Gasteiger charge is -2.30. The van der Waals surface area contributed by atoms with Gasteiger partial charge in [-0.3, -0.25) is 9.69 Å². The van der Waals surface area contributed by atoms with Crippen molar-refractivity contribution < 1.29 is 9.53 Å². The van der Waals surface area contributed by atoms with Crippen molar-refractivity contribution >= 4 is 5.97 Å². The maximum Gasteiger partial charge on any atom is 0.305 e. The van der Waals surface area contributed by atoms with Gasteiger partial charge in [0.15, 0.2) is 0 Å². The van der Waals surface area contributed by atoms with Crippen molar-refractivity contribution in [1.82, 2.24) is 4.90 Å². The van der Waals surface area contributed by atoms with Crippen LogP contribution in [0, 0.1) is 0 Å². The highest BCUT2D eigenvalue weighted by molar-refractivity contribution is 5.68. The second-order valence-electron chi connectivity index (χ2n) is 7.56. The summed E-state index contributed by atoms with van der Waals surface area (Å²) in [7, 11) is 1.45. The Morgan fingerprint density at radius 1 is 0.897 bits per heavy atom. The predicted molar refractivity (Wildman–Crippen MR) is 120 cm³/mol. The van der Waals surface area contributed by atoms with E-state index in [1.807, 2.05) is 0 Å². The van der Waals surface area contributed by atoms with Gasteiger partial charge < -0.3 is 4.74 Å². The van der Waals surface area contributed by atoms with E-state index in [2.05, 4.69) is 78.2 Å². The van der Waals surface area contributed by atoms with Crippen LogP contribution in [0.5, 0.6) is 0 Å². The maximum absolute atomic E-state index is 11.2. The highest BCUT2D eigenvalue weighted by atomic mass is 16.5. The van der Waals surface area contributed by atoms with Gasteiger partial charge in [0.1, 0.15) is 0 Å². The molecule has 0 aliphatic rings. The first-order chi connectivity index (χ1) is 14.2. The molecule has 0 heterocycles. The summed E-state index contributed by atoms with van der Waals surface area (Å²) in [6.45, 7) is 5.97.